The zero-order chi connectivity index (χ0) is 13.4. The lowest BCUT2D eigenvalue weighted by molar-refractivity contribution is 0.0948. The van der Waals surface area contributed by atoms with Crippen molar-refractivity contribution in [1.82, 2.24) is 10.3 Å². The predicted octanol–water partition coefficient (Wildman–Crippen LogP) is 1.67. The Morgan fingerprint density at radius 3 is 2.89 bits per heavy atom. The van der Waals surface area contributed by atoms with Crippen LogP contribution in [-0.2, 0) is 4.74 Å². The van der Waals surface area contributed by atoms with Crippen molar-refractivity contribution in [2.24, 2.45) is 0 Å². The highest BCUT2D eigenvalue weighted by Crippen LogP contribution is 2.09. The number of hydrogen-bond acceptors (Lipinski definition) is 4. The molecule has 5 nitrogen and oxygen atoms in total. The van der Waals surface area contributed by atoms with E-state index in [0.717, 1.165) is 12.1 Å². The van der Waals surface area contributed by atoms with Crippen molar-refractivity contribution >= 4 is 11.6 Å². The Hall–Kier alpha value is -1.62. The number of nitrogens with zero attached hydrogens (tertiary/aromatic N) is 1. The molecule has 0 radical (unpaired) electrons. The highest BCUT2D eigenvalue weighted by molar-refractivity contribution is 5.94. The molecule has 0 bridgehead atoms. The van der Waals surface area contributed by atoms with E-state index in [9.17, 15) is 4.79 Å². The molecular weight excluding hydrogens is 230 g/mol. The number of methoxy groups -OCH3 is 1. The van der Waals surface area contributed by atoms with Gasteiger partial charge in [0.25, 0.3) is 5.91 Å². The second-order valence-corrected chi connectivity index (χ2v) is 4.36. The molecule has 2 N–H and O–H groups in total. The number of carbonyl (C=O) groups excluding carboxylic acids is 1. The smallest absolute Gasteiger partial charge is 0.252 e. The van der Waals surface area contributed by atoms with Gasteiger partial charge in [0.2, 0.25) is 0 Å². The predicted molar refractivity (Wildman–Crippen MR) is 71.8 cm³/mol. The van der Waals surface area contributed by atoms with Crippen LogP contribution in [0.2, 0.25) is 0 Å². The van der Waals surface area contributed by atoms with Crippen LogP contribution in [0, 0.1) is 0 Å². The number of aromatic nitrogens is 1. The van der Waals surface area contributed by atoms with E-state index >= 15 is 0 Å². The molecule has 0 aliphatic carbocycles. The largest absolute Gasteiger partial charge is 0.385 e. The van der Waals surface area contributed by atoms with E-state index in [-0.39, 0.29) is 5.91 Å². The minimum Gasteiger partial charge on any atom is -0.385 e. The number of amides is 1. The van der Waals surface area contributed by atoms with Gasteiger partial charge < -0.3 is 15.4 Å². The summed E-state index contributed by atoms with van der Waals surface area (Å²) < 4.78 is 4.92. The number of carbonyl (C=O) groups is 1. The molecule has 0 spiro atoms. The Morgan fingerprint density at radius 1 is 1.44 bits per heavy atom. The first-order chi connectivity index (χ1) is 8.63. The zero-order valence-electron chi connectivity index (χ0n) is 11.2. The summed E-state index contributed by atoms with van der Waals surface area (Å²) in [4.78, 5) is 15.9. The Labute approximate surface area is 108 Å². The molecule has 1 aromatic rings. The Bertz CT molecular complexity index is 380. The van der Waals surface area contributed by atoms with Crippen LogP contribution in [-0.4, -0.2) is 37.2 Å². The van der Waals surface area contributed by atoms with Crippen molar-refractivity contribution in [2.75, 3.05) is 25.6 Å². The van der Waals surface area contributed by atoms with E-state index in [1.54, 1.807) is 25.6 Å². The van der Waals surface area contributed by atoms with Crippen LogP contribution in [0.3, 0.4) is 0 Å². The van der Waals surface area contributed by atoms with Crippen molar-refractivity contribution in [1.29, 1.82) is 0 Å². The third-order valence-electron chi connectivity index (χ3n) is 2.27. The number of hydrogen-bond donors (Lipinski definition) is 2. The van der Waals surface area contributed by atoms with Gasteiger partial charge in [-0.1, -0.05) is 0 Å². The molecule has 18 heavy (non-hydrogen) atoms. The first-order valence-electron chi connectivity index (χ1n) is 6.12. The standard InChI is InChI=1S/C13H21N3O2/c1-10(2)16-12-7-11(8-14-9-12)13(17)15-5-4-6-18-3/h7-10,16H,4-6H2,1-3H3,(H,15,17). The topological polar surface area (TPSA) is 63.2 Å². The maximum Gasteiger partial charge on any atom is 0.252 e. The molecule has 0 aromatic carbocycles. The summed E-state index contributed by atoms with van der Waals surface area (Å²) in [5, 5.41) is 6.04. The second kappa shape index (κ2) is 7.66. The van der Waals surface area contributed by atoms with Crippen LogP contribution in [0.5, 0.6) is 0 Å². The van der Waals surface area contributed by atoms with Gasteiger partial charge in [-0.2, -0.15) is 0 Å². The highest BCUT2D eigenvalue weighted by Gasteiger charge is 2.06. The molecule has 1 aromatic heterocycles. The fourth-order valence-corrected chi connectivity index (χ4v) is 1.50. The lowest BCUT2D eigenvalue weighted by Crippen LogP contribution is -2.25. The third-order valence-corrected chi connectivity index (χ3v) is 2.27. The molecule has 1 amide bonds. The van der Waals surface area contributed by atoms with Gasteiger partial charge in [-0.3, -0.25) is 9.78 Å². The molecule has 1 rings (SSSR count). The summed E-state index contributed by atoms with van der Waals surface area (Å²) in [7, 11) is 1.65. The minimum atomic E-state index is -0.106. The van der Waals surface area contributed by atoms with Gasteiger partial charge >= 0.3 is 0 Å². The molecule has 0 unspecified atom stereocenters. The van der Waals surface area contributed by atoms with Crippen LogP contribution >= 0.6 is 0 Å². The van der Waals surface area contributed by atoms with Crippen molar-refractivity contribution in [3.05, 3.63) is 24.0 Å². The molecule has 0 saturated heterocycles. The number of ether oxygens (including phenoxy) is 1. The van der Waals surface area contributed by atoms with E-state index in [0.29, 0.717) is 24.8 Å². The Balaban J connectivity index is 2.51. The molecule has 1 heterocycles. The van der Waals surface area contributed by atoms with Gasteiger partial charge in [0.05, 0.1) is 11.3 Å². The molecule has 0 atom stereocenters. The second-order valence-electron chi connectivity index (χ2n) is 4.36. The SMILES string of the molecule is COCCCNC(=O)c1cncc(NC(C)C)c1. The fourth-order valence-electron chi connectivity index (χ4n) is 1.50. The maximum absolute atomic E-state index is 11.8. The molecule has 0 aliphatic rings. The molecule has 100 valence electrons. The van der Waals surface area contributed by atoms with E-state index < -0.39 is 0 Å². The van der Waals surface area contributed by atoms with Crippen molar-refractivity contribution in [3.8, 4) is 0 Å². The van der Waals surface area contributed by atoms with Gasteiger partial charge in [-0.15, -0.1) is 0 Å². The molecule has 0 saturated carbocycles. The van der Waals surface area contributed by atoms with Crippen molar-refractivity contribution < 1.29 is 9.53 Å². The average Bonchev–Trinajstić information content (AvgIpc) is 2.34. The maximum atomic E-state index is 11.8. The van der Waals surface area contributed by atoms with Crippen LogP contribution in [0.1, 0.15) is 30.6 Å². The first kappa shape index (κ1) is 14.4. The van der Waals surface area contributed by atoms with Crippen LogP contribution in [0.4, 0.5) is 5.69 Å². The number of pyridine rings is 1. The summed E-state index contributed by atoms with van der Waals surface area (Å²) in [6, 6.07) is 2.12. The van der Waals surface area contributed by atoms with Crippen molar-refractivity contribution in [3.63, 3.8) is 0 Å². The van der Waals surface area contributed by atoms with Crippen molar-refractivity contribution in [2.45, 2.75) is 26.3 Å². The van der Waals surface area contributed by atoms with Gasteiger partial charge in [0, 0.05) is 38.7 Å². The summed E-state index contributed by atoms with van der Waals surface area (Å²) in [6.45, 7) is 5.33. The van der Waals surface area contributed by atoms with Gasteiger partial charge in [-0.25, -0.2) is 0 Å². The summed E-state index contributed by atoms with van der Waals surface area (Å²) in [6.07, 6.45) is 4.08. The summed E-state index contributed by atoms with van der Waals surface area (Å²) >= 11 is 0. The number of anilines is 1. The van der Waals surface area contributed by atoms with E-state index in [2.05, 4.69) is 15.6 Å². The quantitative estimate of drug-likeness (QED) is 0.724. The first-order valence-corrected chi connectivity index (χ1v) is 6.12. The van der Waals surface area contributed by atoms with Gasteiger partial charge in [0.15, 0.2) is 0 Å². The normalized spacial score (nSPS) is 10.4. The number of nitrogens with one attached hydrogen (secondary N) is 2. The van der Waals surface area contributed by atoms with Crippen LogP contribution in [0.25, 0.3) is 0 Å². The third kappa shape index (κ3) is 5.14. The number of rotatable bonds is 7. The van der Waals surface area contributed by atoms with E-state index in [1.165, 1.54) is 0 Å². The zero-order valence-corrected chi connectivity index (χ0v) is 11.2. The summed E-state index contributed by atoms with van der Waals surface area (Å²) in [5.41, 5.74) is 1.42. The Kier molecular flexibility index (Phi) is 6.14. The summed E-state index contributed by atoms with van der Waals surface area (Å²) in [5.74, 6) is -0.106. The van der Waals surface area contributed by atoms with Crippen LogP contribution in [0.15, 0.2) is 18.5 Å². The van der Waals surface area contributed by atoms with Crippen LogP contribution < -0.4 is 10.6 Å². The minimum absolute atomic E-state index is 0.106. The molecule has 5 heteroatoms. The van der Waals surface area contributed by atoms with E-state index in [4.69, 9.17) is 4.74 Å². The van der Waals surface area contributed by atoms with Gasteiger partial charge in [0.1, 0.15) is 0 Å². The molecular formula is C13H21N3O2. The lowest BCUT2D eigenvalue weighted by atomic mass is 10.2. The monoisotopic (exact) mass is 251 g/mol. The lowest BCUT2D eigenvalue weighted by Gasteiger charge is -2.10. The molecule has 0 fully saturated rings. The average molecular weight is 251 g/mol. The highest BCUT2D eigenvalue weighted by atomic mass is 16.5. The fraction of sp³-hybridized carbons (Fsp3) is 0.538. The molecule has 0 aliphatic heterocycles. The van der Waals surface area contributed by atoms with E-state index in [1.807, 2.05) is 13.8 Å². The van der Waals surface area contributed by atoms with Gasteiger partial charge in [-0.05, 0) is 26.3 Å². The Morgan fingerprint density at radius 2 is 2.22 bits per heavy atom.